The van der Waals surface area contributed by atoms with Crippen LogP contribution in [0.15, 0.2) is 18.7 Å². The molecule has 6 heteroatoms. The van der Waals surface area contributed by atoms with Gasteiger partial charge in [0.05, 0.1) is 17.8 Å². The van der Waals surface area contributed by atoms with Crippen LogP contribution in [0, 0.1) is 0 Å². The van der Waals surface area contributed by atoms with Gasteiger partial charge in [-0.1, -0.05) is 0 Å². The molecule has 0 amide bonds. The Balaban J connectivity index is 1.98. The zero-order valence-electron chi connectivity index (χ0n) is 9.17. The predicted octanol–water partition coefficient (Wildman–Crippen LogP) is 0.213. The fourth-order valence-electron chi connectivity index (χ4n) is 2.13. The zero-order valence-corrected chi connectivity index (χ0v) is 9.17. The summed E-state index contributed by atoms with van der Waals surface area (Å²) >= 11 is 0. The molecule has 2 aromatic rings. The highest BCUT2D eigenvalue weighted by Crippen LogP contribution is 2.22. The number of nitrogens with one attached hydrogen (secondary N) is 1. The van der Waals surface area contributed by atoms with E-state index in [0.717, 1.165) is 30.9 Å². The third-order valence-electron chi connectivity index (χ3n) is 2.96. The van der Waals surface area contributed by atoms with Crippen LogP contribution in [0.5, 0.6) is 0 Å². The van der Waals surface area contributed by atoms with Gasteiger partial charge in [-0.25, -0.2) is 0 Å². The molecule has 0 aliphatic carbocycles. The minimum Gasteiger partial charge on any atom is -0.315 e. The summed E-state index contributed by atoms with van der Waals surface area (Å²) in [6.45, 7) is 2.06. The molecule has 84 valence electrons. The summed E-state index contributed by atoms with van der Waals surface area (Å²) in [5.74, 6) is 0.904. The van der Waals surface area contributed by atoms with E-state index in [0.29, 0.717) is 6.04 Å². The van der Waals surface area contributed by atoms with E-state index in [4.69, 9.17) is 0 Å². The Morgan fingerprint density at radius 3 is 3.12 bits per heavy atom. The molecule has 1 saturated heterocycles. The first-order chi connectivity index (χ1) is 7.84. The van der Waals surface area contributed by atoms with E-state index in [2.05, 4.69) is 25.2 Å². The molecule has 16 heavy (non-hydrogen) atoms. The van der Waals surface area contributed by atoms with E-state index in [1.165, 1.54) is 0 Å². The van der Waals surface area contributed by atoms with Gasteiger partial charge in [0.25, 0.3) is 0 Å². The molecule has 2 aromatic heterocycles. The first-order valence-corrected chi connectivity index (χ1v) is 5.44. The molecule has 6 nitrogen and oxygen atoms in total. The second-order valence-electron chi connectivity index (χ2n) is 4.11. The van der Waals surface area contributed by atoms with Crippen molar-refractivity contribution in [2.24, 2.45) is 7.05 Å². The topological polar surface area (TPSA) is 60.6 Å². The number of nitrogens with zero attached hydrogens (tertiary/aromatic N) is 5. The van der Waals surface area contributed by atoms with Crippen molar-refractivity contribution < 1.29 is 0 Å². The smallest absolute Gasteiger partial charge is 0.167 e. The Morgan fingerprint density at radius 2 is 2.44 bits per heavy atom. The van der Waals surface area contributed by atoms with Crippen LogP contribution in [-0.2, 0) is 7.05 Å². The standard InChI is InChI=1S/C10H14N6/c1-15-6-8(4-13-15)10-14-12-7-16(10)9-2-3-11-5-9/h4,6-7,9,11H,2-3,5H2,1H3. The van der Waals surface area contributed by atoms with E-state index in [-0.39, 0.29) is 0 Å². The molecule has 1 N–H and O–H groups in total. The van der Waals surface area contributed by atoms with E-state index in [1.54, 1.807) is 11.0 Å². The van der Waals surface area contributed by atoms with Crippen molar-refractivity contribution in [3.8, 4) is 11.4 Å². The van der Waals surface area contributed by atoms with Crippen LogP contribution in [-0.4, -0.2) is 37.6 Å². The van der Waals surface area contributed by atoms with E-state index >= 15 is 0 Å². The number of hydrogen-bond donors (Lipinski definition) is 1. The molecule has 0 radical (unpaired) electrons. The van der Waals surface area contributed by atoms with Crippen LogP contribution >= 0.6 is 0 Å². The normalized spacial score (nSPS) is 20.4. The Hall–Kier alpha value is -1.69. The maximum absolute atomic E-state index is 4.18. The maximum Gasteiger partial charge on any atom is 0.167 e. The molecule has 1 atom stereocenters. The molecule has 1 aliphatic heterocycles. The summed E-state index contributed by atoms with van der Waals surface area (Å²) in [4.78, 5) is 0. The van der Waals surface area contributed by atoms with Gasteiger partial charge in [-0.15, -0.1) is 10.2 Å². The zero-order chi connectivity index (χ0) is 11.0. The lowest BCUT2D eigenvalue weighted by molar-refractivity contribution is 0.550. The Labute approximate surface area is 93.3 Å². The van der Waals surface area contributed by atoms with Gasteiger partial charge in [-0.05, 0) is 13.0 Å². The van der Waals surface area contributed by atoms with E-state index in [1.807, 2.05) is 19.4 Å². The van der Waals surface area contributed by atoms with Gasteiger partial charge >= 0.3 is 0 Å². The number of aromatic nitrogens is 5. The molecule has 1 fully saturated rings. The highest BCUT2D eigenvalue weighted by molar-refractivity contribution is 5.52. The van der Waals surface area contributed by atoms with Crippen molar-refractivity contribution in [2.75, 3.05) is 13.1 Å². The van der Waals surface area contributed by atoms with Crippen LogP contribution in [0.4, 0.5) is 0 Å². The number of hydrogen-bond acceptors (Lipinski definition) is 4. The lowest BCUT2D eigenvalue weighted by atomic mass is 10.2. The fraction of sp³-hybridized carbons (Fsp3) is 0.500. The Bertz CT molecular complexity index is 479. The van der Waals surface area contributed by atoms with E-state index < -0.39 is 0 Å². The first kappa shape index (κ1) is 9.53. The predicted molar refractivity (Wildman–Crippen MR) is 58.7 cm³/mol. The minimum atomic E-state index is 0.463. The van der Waals surface area contributed by atoms with E-state index in [9.17, 15) is 0 Å². The fourth-order valence-corrected chi connectivity index (χ4v) is 2.13. The third-order valence-corrected chi connectivity index (χ3v) is 2.96. The van der Waals surface area contributed by atoms with Gasteiger partial charge in [0.2, 0.25) is 0 Å². The van der Waals surface area contributed by atoms with Gasteiger partial charge < -0.3 is 9.88 Å². The second kappa shape index (κ2) is 3.71. The van der Waals surface area contributed by atoms with Gasteiger partial charge in [-0.2, -0.15) is 5.10 Å². The highest BCUT2D eigenvalue weighted by atomic mass is 15.3. The average molecular weight is 218 g/mol. The minimum absolute atomic E-state index is 0.463. The largest absolute Gasteiger partial charge is 0.315 e. The van der Waals surface area contributed by atoms with Crippen LogP contribution in [0.25, 0.3) is 11.4 Å². The monoisotopic (exact) mass is 218 g/mol. The number of rotatable bonds is 2. The van der Waals surface area contributed by atoms with Gasteiger partial charge in [0.1, 0.15) is 6.33 Å². The summed E-state index contributed by atoms with van der Waals surface area (Å²) in [5.41, 5.74) is 1.02. The van der Waals surface area contributed by atoms with Crippen LogP contribution in [0.1, 0.15) is 12.5 Å². The van der Waals surface area contributed by atoms with Crippen LogP contribution < -0.4 is 5.32 Å². The number of aryl methyl sites for hydroxylation is 1. The SMILES string of the molecule is Cn1cc(-c2nncn2C2CCNC2)cn1. The average Bonchev–Trinajstić information content (AvgIpc) is 2.96. The van der Waals surface area contributed by atoms with Crippen molar-refractivity contribution in [3.63, 3.8) is 0 Å². The maximum atomic E-state index is 4.18. The summed E-state index contributed by atoms with van der Waals surface area (Å²) in [5, 5.41) is 15.7. The third kappa shape index (κ3) is 1.51. The lowest BCUT2D eigenvalue weighted by Crippen LogP contribution is -2.13. The van der Waals surface area contributed by atoms with Crippen molar-refractivity contribution in [1.82, 2.24) is 29.9 Å². The molecule has 0 bridgehead atoms. The summed E-state index contributed by atoms with van der Waals surface area (Å²) in [6.07, 6.45) is 6.72. The van der Waals surface area contributed by atoms with Crippen LogP contribution in [0.2, 0.25) is 0 Å². The Kier molecular flexibility index (Phi) is 2.21. The Morgan fingerprint density at radius 1 is 1.50 bits per heavy atom. The van der Waals surface area contributed by atoms with Crippen molar-refractivity contribution in [3.05, 3.63) is 18.7 Å². The second-order valence-corrected chi connectivity index (χ2v) is 4.11. The van der Waals surface area contributed by atoms with Gasteiger partial charge in [0, 0.05) is 19.8 Å². The summed E-state index contributed by atoms with van der Waals surface area (Å²) in [6, 6.07) is 0.463. The van der Waals surface area contributed by atoms with Crippen LogP contribution in [0.3, 0.4) is 0 Å². The molecule has 0 spiro atoms. The molecule has 3 heterocycles. The molecule has 1 aliphatic rings. The molecular formula is C10H14N6. The van der Waals surface area contributed by atoms with Crippen molar-refractivity contribution in [1.29, 1.82) is 0 Å². The molecule has 0 aromatic carbocycles. The van der Waals surface area contributed by atoms with Crippen molar-refractivity contribution in [2.45, 2.75) is 12.5 Å². The van der Waals surface area contributed by atoms with Gasteiger partial charge in [-0.3, -0.25) is 4.68 Å². The molecule has 0 saturated carbocycles. The van der Waals surface area contributed by atoms with Gasteiger partial charge in [0.15, 0.2) is 5.82 Å². The summed E-state index contributed by atoms with van der Waals surface area (Å²) in [7, 11) is 1.90. The highest BCUT2D eigenvalue weighted by Gasteiger charge is 2.20. The quantitative estimate of drug-likeness (QED) is 0.783. The lowest BCUT2D eigenvalue weighted by Gasteiger charge is -2.11. The van der Waals surface area contributed by atoms with Crippen molar-refractivity contribution >= 4 is 0 Å². The molecule has 3 rings (SSSR count). The molecule has 1 unspecified atom stereocenters. The summed E-state index contributed by atoms with van der Waals surface area (Å²) < 4.78 is 3.91. The first-order valence-electron chi connectivity index (χ1n) is 5.44. The molecular weight excluding hydrogens is 204 g/mol.